The van der Waals surface area contributed by atoms with Crippen LogP contribution in [-0.4, -0.2) is 21.7 Å². The number of nitriles is 1. The number of aromatic nitrogens is 2. The highest BCUT2D eigenvalue weighted by Crippen LogP contribution is 2.48. The van der Waals surface area contributed by atoms with Crippen molar-refractivity contribution < 1.29 is 31.5 Å². The van der Waals surface area contributed by atoms with Gasteiger partial charge in [-0.25, -0.2) is 13.6 Å². The van der Waals surface area contributed by atoms with Crippen LogP contribution >= 0.6 is 0 Å². The topological polar surface area (TPSA) is 67.9 Å². The summed E-state index contributed by atoms with van der Waals surface area (Å²) in [5.41, 5.74) is -2.41. The summed E-state index contributed by atoms with van der Waals surface area (Å²) in [5.74, 6) is -5.28. The monoisotopic (exact) mass is 427 g/mol. The highest BCUT2D eigenvalue weighted by atomic mass is 19.4. The minimum atomic E-state index is -5.01. The lowest BCUT2D eigenvalue weighted by molar-refractivity contribution is -0.151. The predicted octanol–water partition coefficient (Wildman–Crippen LogP) is 4.93. The summed E-state index contributed by atoms with van der Waals surface area (Å²) in [6, 6.07) is 9.17. The lowest BCUT2D eigenvalue weighted by Crippen LogP contribution is -2.36. The molecule has 5 nitrogen and oxygen atoms in total. The molecule has 1 unspecified atom stereocenters. The summed E-state index contributed by atoms with van der Waals surface area (Å²) < 4.78 is 76.1. The number of ether oxygens (including phenoxy) is 1. The molecule has 0 saturated heterocycles. The first-order chi connectivity index (χ1) is 14.0. The Kier molecular flexibility index (Phi) is 5.83. The van der Waals surface area contributed by atoms with Crippen LogP contribution in [0.4, 0.5) is 22.0 Å². The Bertz CT molecular complexity index is 963. The van der Waals surface area contributed by atoms with E-state index in [1.807, 2.05) is 6.07 Å². The predicted molar refractivity (Wildman–Crippen MR) is 94.5 cm³/mol. The molecular formula is C20H18F5N3O2. The molecule has 0 radical (unpaired) electrons. The van der Waals surface area contributed by atoms with Gasteiger partial charge in [-0.2, -0.15) is 23.5 Å². The second-order valence-corrected chi connectivity index (χ2v) is 7.16. The molecule has 2 atom stereocenters. The fraction of sp³-hybridized carbons (Fsp3) is 0.450. The lowest BCUT2D eigenvalue weighted by Gasteiger charge is -2.32. The minimum absolute atomic E-state index is 0.0436. The maximum absolute atomic E-state index is 14.6. The molecule has 3 rings (SSSR count). The van der Waals surface area contributed by atoms with Crippen LogP contribution in [0.2, 0.25) is 0 Å². The van der Waals surface area contributed by atoms with E-state index in [0.29, 0.717) is 0 Å². The van der Waals surface area contributed by atoms with Crippen LogP contribution in [0.1, 0.15) is 53.2 Å². The van der Waals surface area contributed by atoms with E-state index in [1.54, 1.807) is 13.0 Å². The van der Waals surface area contributed by atoms with Gasteiger partial charge in [-0.15, -0.1) is 0 Å². The Morgan fingerprint density at radius 2 is 2.03 bits per heavy atom. The Labute approximate surface area is 169 Å². The third-order valence-corrected chi connectivity index (χ3v) is 4.94. The van der Waals surface area contributed by atoms with Gasteiger partial charge in [-0.05, 0) is 31.9 Å². The summed E-state index contributed by atoms with van der Waals surface area (Å²) in [6.07, 6.45) is -8.36. The fourth-order valence-corrected chi connectivity index (χ4v) is 3.35. The second kappa shape index (κ2) is 8.05. The van der Waals surface area contributed by atoms with Gasteiger partial charge < -0.3 is 4.74 Å². The Morgan fingerprint density at radius 1 is 1.37 bits per heavy atom. The highest BCUT2D eigenvalue weighted by molar-refractivity contribution is 5.89. The van der Waals surface area contributed by atoms with Gasteiger partial charge >= 0.3 is 12.1 Å². The van der Waals surface area contributed by atoms with E-state index < -0.39 is 47.8 Å². The number of alkyl halides is 5. The number of rotatable bonds is 5. The Hall–Kier alpha value is -2.96. The van der Waals surface area contributed by atoms with E-state index in [9.17, 15) is 26.7 Å². The number of carbonyl (C=O) groups is 1. The number of nitrogens with zero attached hydrogens (tertiary/aromatic N) is 3. The van der Waals surface area contributed by atoms with E-state index in [1.165, 1.54) is 24.3 Å². The first kappa shape index (κ1) is 21.7. The molecule has 1 heterocycles. The normalized spacial score (nSPS) is 18.9. The molecule has 0 saturated carbocycles. The van der Waals surface area contributed by atoms with Gasteiger partial charge in [0.15, 0.2) is 11.8 Å². The number of aryl methyl sites for hydroxylation is 1. The molecule has 160 valence electrons. The van der Waals surface area contributed by atoms with E-state index >= 15 is 0 Å². The Balaban J connectivity index is 2.04. The number of hydrogen-bond acceptors (Lipinski definition) is 4. The van der Waals surface area contributed by atoms with Crippen molar-refractivity contribution in [2.75, 3.05) is 0 Å². The number of benzene rings is 1. The van der Waals surface area contributed by atoms with E-state index in [4.69, 9.17) is 10.00 Å². The maximum Gasteiger partial charge on any atom is 0.435 e. The average Bonchev–Trinajstić information content (AvgIpc) is 3.07. The van der Waals surface area contributed by atoms with Gasteiger partial charge in [0.25, 0.3) is 5.92 Å². The number of halogens is 5. The van der Waals surface area contributed by atoms with Gasteiger partial charge in [0.1, 0.15) is 0 Å². The first-order valence-electron chi connectivity index (χ1n) is 9.25. The van der Waals surface area contributed by atoms with Gasteiger partial charge in [0.2, 0.25) is 0 Å². The smallest absolute Gasteiger partial charge is 0.435 e. The number of esters is 1. The van der Waals surface area contributed by atoms with Crippen molar-refractivity contribution in [1.82, 2.24) is 9.78 Å². The third-order valence-electron chi connectivity index (χ3n) is 4.94. The van der Waals surface area contributed by atoms with Gasteiger partial charge in [0, 0.05) is 24.6 Å². The van der Waals surface area contributed by atoms with Crippen molar-refractivity contribution >= 4 is 5.97 Å². The summed E-state index contributed by atoms with van der Waals surface area (Å²) in [5, 5.41) is 12.4. The van der Waals surface area contributed by atoms with Crippen LogP contribution in [0.3, 0.4) is 0 Å². The average molecular weight is 427 g/mol. The second-order valence-electron chi connectivity index (χ2n) is 7.16. The zero-order valence-electron chi connectivity index (χ0n) is 15.9. The quantitative estimate of drug-likeness (QED) is 0.501. The third kappa shape index (κ3) is 4.30. The Morgan fingerprint density at radius 3 is 2.63 bits per heavy atom. The van der Waals surface area contributed by atoms with Crippen LogP contribution in [0.5, 0.6) is 0 Å². The summed E-state index contributed by atoms with van der Waals surface area (Å²) in [4.78, 5) is 12.3. The van der Waals surface area contributed by atoms with Crippen molar-refractivity contribution in [2.45, 2.75) is 50.9 Å². The molecule has 0 N–H and O–H groups in total. The highest BCUT2D eigenvalue weighted by Gasteiger charge is 2.54. The van der Waals surface area contributed by atoms with Crippen molar-refractivity contribution in [1.29, 1.82) is 5.26 Å². The molecule has 1 aliphatic carbocycles. The molecule has 1 aliphatic rings. The maximum atomic E-state index is 14.6. The van der Waals surface area contributed by atoms with Crippen molar-refractivity contribution in [3.05, 3.63) is 52.8 Å². The molecule has 2 aromatic rings. The summed E-state index contributed by atoms with van der Waals surface area (Å²) >= 11 is 0. The van der Waals surface area contributed by atoms with Crippen molar-refractivity contribution in [2.24, 2.45) is 5.92 Å². The largest absolute Gasteiger partial charge is 0.447 e. The van der Waals surface area contributed by atoms with Crippen LogP contribution in [-0.2, 0) is 23.9 Å². The van der Waals surface area contributed by atoms with E-state index in [-0.39, 0.29) is 30.6 Å². The number of hydrogen-bond donors (Lipinski definition) is 0. The zero-order chi connectivity index (χ0) is 22.1. The van der Waals surface area contributed by atoms with E-state index in [2.05, 4.69) is 5.10 Å². The molecule has 0 spiro atoms. The molecule has 1 aromatic heterocycles. The zero-order valence-corrected chi connectivity index (χ0v) is 15.9. The fourth-order valence-electron chi connectivity index (χ4n) is 3.35. The number of fused-ring (bicyclic) bond motifs is 1. The van der Waals surface area contributed by atoms with Gasteiger partial charge in [0.05, 0.1) is 17.2 Å². The molecular weight excluding hydrogens is 409 g/mol. The van der Waals surface area contributed by atoms with E-state index in [0.717, 1.165) is 4.68 Å². The molecule has 30 heavy (non-hydrogen) atoms. The van der Waals surface area contributed by atoms with Gasteiger partial charge in [-0.1, -0.05) is 18.2 Å². The minimum Gasteiger partial charge on any atom is -0.447 e. The summed E-state index contributed by atoms with van der Waals surface area (Å²) in [6.45, 7) is 1.55. The van der Waals surface area contributed by atoms with Crippen LogP contribution < -0.4 is 0 Å². The van der Waals surface area contributed by atoms with Crippen molar-refractivity contribution in [3.8, 4) is 6.07 Å². The lowest BCUT2D eigenvalue weighted by atomic mass is 9.89. The van der Waals surface area contributed by atoms with Crippen LogP contribution in [0.15, 0.2) is 30.3 Å². The molecule has 0 bridgehead atoms. The SMILES string of the molecule is CC(C#N)CCn1nc(C(F)(F)F)c2c1CCC(F)(F)[C@H]2OC(=O)c1ccccc1. The van der Waals surface area contributed by atoms with Crippen LogP contribution in [0, 0.1) is 17.2 Å². The standard InChI is InChI=1S/C20H18F5N3O2/c1-12(11-26)8-10-28-14-7-9-19(21,22)17(15(14)16(27-28)20(23,24)25)30-18(29)13-5-3-2-4-6-13/h2-6,12,17H,7-10H2,1H3/t12?,17-/m0/s1. The first-order valence-corrected chi connectivity index (χ1v) is 9.25. The number of carbonyl (C=O) groups excluding carboxylic acids is 1. The van der Waals surface area contributed by atoms with Crippen LogP contribution in [0.25, 0.3) is 0 Å². The molecule has 1 aromatic carbocycles. The molecule has 10 heteroatoms. The summed E-state index contributed by atoms with van der Waals surface area (Å²) in [7, 11) is 0. The van der Waals surface area contributed by atoms with Crippen molar-refractivity contribution in [3.63, 3.8) is 0 Å². The molecule has 0 amide bonds. The molecule has 0 fully saturated rings. The molecule has 0 aliphatic heterocycles. The van der Waals surface area contributed by atoms with Gasteiger partial charge in [-0.3, -0.25) is 4.68 Å².